The lowest BCUT2D eigenvalue weighted by atomic mass is 10.1. The first kappa shape index (κ1) is 24.9. The molecule has 0 spiro atoms. The highest BCUT2D eigenvalue weighted by Gasteiger charge is 2.24. The molecule has 3 nitrogen and oxygen atoms in total. The largest absolute Gasteiger partial charge is 0.278 e. The van der Waals surface area contributed by atoms with E-state index in [1.807, 2.05) is 36.4 Å². The molecule has 0 fully saturated rings. The third kappa shape index (κ3) is 5.79. The molecule has 5 aromatic carbocycles. The van der Waals surface area contributed by atoms with Crippen LogP contribution < -0.4 is 4.90 Å². The van der Waals surface area contributed by atoms with Crippen molar-refractivity contribution in [2.75, 3.05) is 4.90 Å². The summed E-state index contributed by atoms with van der Waals surface area (Å²) in [5, 5.41) is 0. The maximum Gasteiger partial charge on any atom is 0.146 e. The number of rotatable bonds is 5. The van der Waals surface area contributed by atoms with Crippen molar-refractivity contribution in [1.29, 1.82) is 0 Å². The molecule has 3 heteroatoms. The SMILES string of the molecule is Cc1ccc(N=C(c2ccccc2)N(C(=Nc2ccccc2C)c2ccccc2)c2ccc(C)cc2)cc1. The van der Waals surface area contributed by atoms with Crippen LogP contribution in [0.5, 0.6) is 0 Å². The molecule has 0 heterocycles. The van der Waals surface area contributed by atoms with Crippen molar-refractivity contribution in [3.8, 4) is 0 Å². The molecule has 0 bridgehead atoms. The van der Waals surface area contributed by atoms with Crippen molar-refractivity contribution in [2.24, 2.45) is 9.98 Å². The first-order valence-corrected chi connectivity index (χ1v) is 12.9. The lowest BCUT2D eigenvalue weighted by Gasteiger charge is -2.29. The van der Waals surface area contributed by atoms with Crippen molar-refractivity contribution >= 4 is 28.7 Å². The summed E-state index contributed by atoms with van der Waals surface area (Å²) in [6, 6.07) is 45.8. The minimum atomic E-state index is 0.800. The van der Waals surface area contributed by atoms with Crippen molar-refractivity contribution in [3.05, 3.63) is 161 Å². The second-order valence-electron chi connectivity index (χ2n) is 9.40. The summed E-state index contributed by atoms with van der Waals surface area (Å²) in [6.45, 7) is 6.29. The van der Waals surface area contributed by atoms with Gasteiger partial charge in [0.05, 0.1) is 11.4 Å². The van der Waals surface area contributed by atoms with Gasteiger partial charge in [0.25, 0.3) is 0 Å². The Labute approximate surface area is 225 Å². The molecule has 0 N–H and O–H groups in total. The third-order valence-corrected chi connectivity index (χ3v) is 6.39. The van der Waals surface area contributed by atoms with Crippen LogP contribution in [0.15, 0.2) is 143 Å². The van der Waals surface area contributed by atoms with Crippen LogP contribution in [-0.2, 0) is 0 Å². The number of hydrogen-bond acceptors (Lipinski definition) is 2. The zero-order chi connectivity index (χ0) is 26.3. The summed E-state index contributed by atoms with van der Waals surface area (Å²) < 4.78 is 0. The van der Waals surface area contributed by atoms with Crippen LogP contribution in [0.4, 0.5) is 17.1 Å². The first-order valence-electron chi connectivity index (χ1n) is 12.9. The van der Waals surface area contributed by atoms with Gasteiger partial charge in [-0.25, -0.2) is 9.98 Å². The van der Waals surface area contributed by atoms with Gasteiger partial charge in [-0.15, -0.1) is 0 Å². The first-order chi connectivity index (χ1) is 18.6. The normalized spacial score (nSPS) is 11.9. The maximum atomic E-state index is 5.29. The summed E-state index contributed by atoms with van der Waals surface area (Å²) in [4.78, 5) is 12.7. The van der Waals surface area contributed by atoms with Crippen LogP contribution in [0.1, 0.15) is 27.8 Å². The smallest absolute Gasteiger partial charge is 0.146 e. The topological polar surface area (TPSA) is 28.0 Å². The molecule has 38 heavy (non-hydrogen) atoms. The van der Waals surface area contributed by atoms with Gasteiger partial charge in [-0.2, -0.15) is 0 Å². The fourth-order valence-corrected chi connectivity index (χ4v) is 4.25. The number of amidine groups is 2. The Morgan fingerprint density at radius 3 is 1.50 bits per heavy atom. The molecule has 0 amide bonds. The molecule has 0 radical (unpaired) electrons. The Kier molecular flexibility index (Phi) is 7.56. The van der Waals surface area contributed by atoms with Crippen LogP contribution in [0.25, 0.3) is 0 Å². The molecule has 5 aromatic rings. The summed E-state index contributed by atoms with van der Waals surface area (Å²) in [5.41, 5.74) is 8.31. The van der Waals surface area contributed by atoms with Crippen molar-refractivity contribution < 1.29 is 0 Å². The molecular weight excluding hydrogens is 462 g/mol. The van der Waals surface area contributed by atoms with Crippen molar-refractivity contribution in [2.45, 2.75) is 20.8 Å². The van der Waals surface area contributed by atoms with E-state index in [1.165, 1.54) is 11.1 Å². The van der Waals surface area contributed by atoms with E-state index in [9.17, 15) is 0 Å². The lowest BCUT2D eigenvalue weighted by molar-refractivity contribution is 1.30. The third-order valence-electron chi connectivity index (χ3n) is 6.39. The average Bonchev–Trinajstić information content (AvgIpc) is 2.96. The standard InChI is InChI=1S/C35H31N3/c1-26-18-22-31(23-19-26)36-34(29-13-6-4-7-14-29)38(32-24-20-27(2)21-25-32)35(30-15-8-5-9-16-30)37-33-17-11-10-12-28(33)3/h4-25H,1-3H3. The number of para-hydroxylation sites is 1. The Bertz CT molecular complexity index is 1550. The molecule has 0 aromatic heterocycles. The van der Waals surface area contributed by atoms with Crippen molar-refractivity contribution in [3.63, 3.8) is 0 Å². The molecule has 0 saturated heterocycles. The predicted molar refractivity (Wildman–Crippen MR) is 161 cm³/mol. The Morgan fingerprint density at radius 2 is 0.947 bits per heavy atom. The van der Waals surface area contributed by atoms with Crippen molar-refractivity contribution in [1.82, 2.24) is 0 Å². The summed E-state index contributed by atoms with van der Waals surface area (Å²) in [5.74, 6) is 1.60. The molecule has 0 unspecified atom stereocenters. The Morgan fingerprint density at radius 1 is 0.474 bits per heavy atom. The van der Waals surface area contributed by atoms with E-state index in [2.05, 4.69) is 123 Å². The predicted octanol–water partition coefficient (Wildman–Crippen LogP) is 8.98. The number of benzene rings is 5. The monoisotopic (exact) mass is 493 g/mol. The Hall–Kier alpha value is -4.76. The molecule has 5 rings (SSSR count). The fourth-order valence-electron chi connectivity index (χ4n) is 4.25. The fraction of sp³-hybridized carbons (Fsp3) is 0.0857. The van der Waals surface area contributed by atoms with Crippen LogP contribution in [0.2, 0.25) is 0 Å². The van der Waals surface area contributed by atoms with E-state index in [-0.39, 0.29) is 0 Å². The van der Waals surface area contributed by atoms with Gasteiger partial charge in [0.15, 0.2) is 0 Å². The van der Waals surface area contributed by atoms with Gasteiger partial charge in [-0.3, -0.25) is 4.90 Å². The molecular formula is C35H31N3. The second kappa shape index (κ2) is 11.5. The summed E-state index contributed by atoms with van der Waals surface area (Å²) in [7, 11) is 0. The molecule has 186 valence electrons. The van der Waals surface area contributed by atoms with Gasteiger partial charge in [-0.1, -0.05) is 114 Å². The molecule has 0 aliphatic carbocycles. The minimum absolute atomic E-state index is 0.800. The van der Waals surface area contributed by atoms with Gasteiger partial charge in [0.2, 0.25) is 0 Å². The van der Waals surface area contributed by atoms with Gasteiger partial charge < -0.3 is 0 Å². The van der Waals surface area contributed by atoms with E-state index in [0.29, 0.717) is 0 Å². The van der Waals surface area contributed by atoms with Gasteiger partial charge >= 0.3 is 0 Å². The average molecular weight is 494 g/mol. The van der Waals surface area contributed by atoms with Gasteiger partial charge in [0.1, 0.15) is 11.7 Å². The van der Waals surface area contributed by atoms with E-state index >= 15 is 0 Å². The van der Waals surface area contributed by atoms with Gasteiger partial charge in [0, 0.05) is 16.8 Å². The van der Waals surface area contributed by atoms with E-state index < -0.39 is 0 Å². The quantitative estimate of drug-likeness (QED) is 0.177. The number of aliphatic imine (C=N–C) groups is 2. The molecule has 0 saturated carbocycles. The van der Waals surface area contributed by atoms with E-state index in [4.69, 9.17) is 9.98 Å². The zero-order valence-corrected chi connectivity index (χ0v) is 22.0. The maximum absolute atomic E-state index is 5.29. The number of aryl methyl sites for hydroxylation is 3. The van der Waals surface area contributed by atoms with Crippen LogP contribution in [0.3, 0.4) is 0 Å². The molecule has 0 aliphatic heterocycles. The number of hydrogen-bond donors (Lipinski definition) is 0. The number of nitrogens with zero attached hydrogens (tertiary/aromatic N) is 3. The summed E-state index contributed by atoms with van der Waals surface area (Å²) in [6.07, 6.45) is 0. The van der Waals surface area contributed by atoms with E-state index in [0.717, 1.165) is 45.4 Å². The summed E-state index contributed by atoms with van der Waals surface area (Å²) >= 11 is 0. The van der Waals surface area contributed by atoms with Crippen LogP contribution >= 0.6 is 0 Å². The molecule has 0 aliphatic rings. The van der Waals surface area contributed by atoms with E-state index in [1.54, 1.807) is 0 Å². The lowest BCUT2D eigenvalue weighted by Crippen LogP contribution is -2.38. The van der Waals surface area contributed by atoms with Crippen LogP contribution in [-0.4, -0.2) is 11.7 Å². The highest BCUT2D eigenvalue weighted by atomic mass is 15.2. The highest BCUT2D eigenvalue weighted by molar-refractivity contribution is 6.30. The number of anilines is 1. The molecule has 0 atom stereocenters. The highest BCUT2D eigenvalue weighted by Crippen LogP contribution is 2.28. The second-order valence-corrected chi connectivity index (χ2v) is 9.40. The zero-order valence-electron chi connectivity index (χ0n) is 22.0. The Balaban J connectivity index is 1.82. The van der Waals surface area contributed by atoms with Gasteiger partial charge in [-0.05, 0) is 56.7 Å². The van der Waals surface area contributed by atoms with Crippen LogP contribution in [0, 0.1) is 20.8 Å². The minimum Gasteiger partial charge on any atom is -0.278 e.